The van der Waals surface area contributed by atoms with Crippen LogP contribution in [0.2, 0.25) is 0 Å². The standard InChI is InChI=1S/C21H14F4N2O4/c22-12-7-11(8-13(23)9-12)19(29)27-15-3-6-17(18(28)10-15)20(30)26-14-1-4-16(5-2-14)31-21(24)25/h1-10,21,28H,(H,26,30)(H,27,29). The van der Waals surface area contributed by atoms with Crippen molar-refractivity contribution >= 4 is 23.2 Å². The second-order valence-electron chi connectivity index (χ2n) is 6.20. The molecule has 0 saturated carbocycles. The van der Waals surface area contributed by atoms with E-state index in [0.29, 0.717) is 6.07 Å². The van der Waals surface area contributed by atoms with Crippen molar-refractivity contribution in [2.45, 2.75) is 6.61 Å². The molecule has 10 heteroatoms. The molecule has 0 radical (unpaired) electrons. The van der Waals surface area contributed by atoms with E-state index in [4.69, 9.17) is 0 Å². The molecule has 3 rings (SSSR count). The molecule has 0 aliphatic carbocycles. The highest BCUT2D eigenvalue weighted by atomic mass is 19.3. The summed E-state index contributed by atoms with van der Waals surface area (Å²) >= 11 is 0. The number of nitrogens with one attached hydrogen (secondary N) is 2. The first-order valence-corrected chi connectivity index (χ1v) is 8.68. The molecule has 3 N–H and O–H groups in total. The summed E-state index contributed by atoms with van der Waals surface area (Å²) in [5.74, 6) is -3.93. The molecule has 0 spiro atoms. The molecule has 3 aromatic rings. The van der Waals surface area contributed by atoms with Crippen molar-refractivity contribution in [3.63, 3.8) is 0 Å². The number of halogens is 4. The van der Waals surface area contributed by atoms with Gasteiger partial charge in [-0.15, -0.1) is 0 Å². The fourth-order valence-corrected chi connectivity index (χ4v) is 2.61. The Morgan fingerprint density at radius 3 is 1.97 bits per heavy atom. The zero-order valence-electron chi connectivity index (χ0n) is 15.5. The van der Waals surface area contributed by atoms with E-state index in [-0.39, 0.29) is 28.3 Å². The van der Waals surface area contributed by atoms with Crippen LogP contribution >= 0.6 is 0 Å². The smallest absolute Gasteiger partial charge is 0.387 e. The first-order valence-electron chi connectivity index (χ1n) is 8.68. The molecule has 0 bridgehead atoms. The van der Waals surface area contributed by atoms with Crippen LogP contribution in [-0.4, -0.2) is 23.5 Å². The first kappa shape index (κ1) is 21.6. The zero-order chi connectivity index (χ0) is 22.5. The van der Waals surface area contributed by atoms with Gasteiger partial charge in [-0.1, -0.05) is 0 Å². The zero-order valence-corrected chi connectivity index (χ0v) is 15.5. The normalized spacial score (nSPS) is 10.6. The van der Waals surface area contributed by atoms with E-state index >= 15 is 0 Å². The van der Waals surface area contributed by atoms with Crippen LogP contribution in [0, 0.1) is 11.6 Å². The average molecular weight is 434 g/mol. The Morgan fingerprint density at radius 2 is 1.39 bits per heavy atom. The van der Waals surface area contributed by atoms with Gasteiger partial charge in [-0.25, -0.2) is 8.78 Å². The predicted octanol–water partition coefficient (Wildman–Crippen LogP) is 4.78. The number of carbonyl (C=O) groups excluding carboxylic acids is 2. The van der Waals surface area contributed by atoms with Gasteiger partial charge in [0.15, 0.2) is 0 Å². The van der Waals surface area contributed by atoms with Crippen LogP contribution in [0.5, 0.6) is 11.5 Å². The van der Waals surface area contributed by atoms with Crippen LogP contribution in [0.1, 0.15) is 20.7 Å². The van der Waals surface area contributed by atoms with Gasteiger partial charge >= 0.3 is 6.61 Å². The molecule has 0 aliphatic heterocycles. The highest BCUT2D eigenvalue weighted by Crippen LogP contribution is 2.25. The molecule has 0 aliphatic rings. The number of anilines is 2. The summed E-state index contributed by atoms with van der Waals surface area (Å²) < 4.78 is 55.0. The summed E-state index contributed by atoms with van der Waals surface area (Å²) in [6.45, 7) is -2.98. The number of hydrogen-bond donors (Lipinski definition) is 3. The van der Waals surface area contributed by atoms with Crippen LogP contribution < -0.4 is 15.4 Å². The molecule has 160 valence electrons. The van der Waals surface area contributed by atoms with Crippen molar-refractivity contribution in [2.75, 3.05) is 10.6 Å². The number of alkyl halides is 2. The maximum absolute atomic E-state index is 13.2. The van der Waals surface area contributed by atoms with Gasteiger partial charge in [-0.2, -0.15) is 8.78 Å². The molecule has 31 heavy (non-hydrogen) atoms. The van der Waals surface area contributed by atoms with Crippen LogP contribution in [0.3, 0.4) is 0 Å². The van der Waals surface area contributed by atoms with E-state index in [2.05, 4.69) is 15.4 Å². The maximum Gasteiger partial charge on any atom is 0.387 e. The molecule has 6 nitrogen and oxygen atoms in total. The number of carbonyl (C=O) groups is 2. The lowest BCUT2D eigenvalue weighted by molar-refractivity contribution is -0.0498. The van der Waals surface area contributed by atoms with Gasteiger partial charge in [-0.3, -0.25) is 9.59 Å². The number of hydrogen-bond acceptors (Lipinski definition) is 4. The number of benzene rings is 3. The van der Waals surface area contributed by atoms with Crippen molar-refractivity contribution < 1.29 is 37.0 Å². The van der Waals surface area contributed by atoms with Crippen LogP contribution in [0.15, 0.2) is 60.7 Å². The molecule has 0 fully saturated rings. The first-order chi connectivity index (χ1) is 14.7. The van der Waals surface area contributed by atoms with Crippen LogP contribution in [0.25, 0.3) is 0 Å². The van der Waals surface area contributed by atoms with Gasteiger partial charge in [-0.05, 0) is 48.5 Å². The lowest BCUT2D eigenvalue weighted by Crippen LogP contribution is -2.14. The van der Waals surface area contributed by atoms with E-state index in [0.717, 1.165) is 18.2 Å². The van der Waals surface area contributed by atoms with Crippen molar-refractivity contribution in [1.82, 2.24) is 0 Å². The summed E-state index contributed by atoms with van der Waals surface area (Å²) in [6.07, 6.45) is 0. The minimum Gasteiger partial charge on any atom is -0.507 e. The van der Waals surface area contributed by atoms with E-state index in [1.54, 1.807) is 0 Å². The molecule has 0 unspecified atom stereocenters. The Bertz CT molecular complexity index is 1100. The van der Waals surface area contributed by atoms with Crippen molar-refractivity contribution in [3.05, 3.63) is 83.4 Å². The quantitative estimate of drug-likeness (QED) is 0.488. The Balaban J connectivity index is 1.68. The van der Waals surface area contributed by atoms with Gasteiger partial charge < -0.3 is 20.5 Å². The van der Waals surface area contributed by atoms with Gasteiger partial charge in [0.2, 0.25) is 0 Å². The fraction of sp³-hybridized carbons (Fsp3) is 0.0476. The molecular formula is C21H14F4N2O4. The molecule has 0 atom stereocenters. The summed E-state index contributed by atoms with van der Waals surface area (Å²) in [7, 11) is 0. The molecule has 2 amide bonds. The SMILES string of the molecule is O=C(Nc1ccc(C(=O)Nc2ccc(OC(F)F)cc2)c(O)c1)c1cc(F)cc(F)c1. The average Bonchev–Trinajstić information content (AvgIpc) is 2.68. The number of aromatic hydroxyl groups is 1. The molecule has 0 heterocycles. The Morgan fingerprint density at radius 1 is 0.806 bits per heavy atom. The van der Waals surface area contributed by atoms with Crippen molar-refractivity contribution in [2.24, 2.45) is 0 Å². The highest BCUT2D eigenvalue weighted by Gasteiger charge is 2.15. The van der Waals surface area contributed by atoms with Crippen LogP contribution in [0.4, 0.5) is 28.9 Å². The number of amides is 2. The Hall–Kier alpha value is -4.08. The van der Waals surface area contributed by atoms with E-state index in [9.17, 15) is 32.3 Å². The molecule has 3 aromatic carbocycles. The molecule has 0 aromatic heterocycles. The lowest BCUT2D eigenvalue weighted by atomic mass is 10.1. The summed E-state index contributed by atoms with van der Waals surface area (Å²) in [5, 5.41) is 14.9. The highest BCUT2D eigenvalue weighted by molar-refractivity contribution is 6.07. The number of phenolic OH excluding ortho intramolecular Hbond substituents is 1. The van der Waals surface area contributed by atoms with Gasteiger partial charge in [0, 0.05) is 29.1 Å². The van der Waals surface area contributed by atoms with E-state index in [1.165, 1.54) is 36.4 Å². The van der Waals surface area contributed by atoms with Crippen LogP contribution in [-0.2, 0) is 0 Å². The van der Waals surface area contributed by atoms with Gasteiger partial charge in [0.1, 0.15) is 23.1 Å². The topological polar surface area (TPSA) is 87.7 Å². The second-order valence-corrected chi connectivity index (χ2v) is 6.20. The number of phenols is 1. The van der Waals surface area contributed by atoms with E-state index < -0.39 is 35.8 Å². The monoisotopic (exact) mass is 434 g/mol. The fourth-order valence-electron chi connectivity index (χ4n) is 2.61. The third kappa shape index (κ3) is 5.72. The van der Waals surface area contributed by atoms with Crippen molar-refractivity contribution in [1.29, 1.82) is 0 Å². The lowest BCUT2D eigenvalue weighted by Gasteiger charge is -2.10. The Labute approximate surface area is 173 Å². The maximum atomic E-state index is 13.2. The largest absolute Gasteiger partial charge is 0.507 e. The third-order valence-electron chi connectivity index (χ3n) is 3.96. The van der Waals surface area contributed by atoms with Crippen molar-refractivity contribution in [3.8, 4) is 11.5 Å². The summed E-state index contributed by atoms with van der Waals surface area (Å²) in [6, 6.07) is 11.1. The third-order valence-corrected chi connectivity index (χ3v) is 3.96. The predicted molar refractivity (Wildman–Crippen MR) is 103 cm³/mol. The minimum absolute atomic E-state index is 0.0808. The molecular weight excluding hydrogens is 420 g/mol. The summed E-state index contributed by atoms with van der Waals surface area (Å²) in [4.78, 5) is 24.5. The van der Waals surface area contributed by atoms with Gasteiger partial charge in [0.05, 0.1) is 5.56 Å². The van der Waals surface area contributed by atoms with E-state index in [1.807, 2.05) is 0 Å². The Kier molecular flexibility index (Phi) is 6.39. The second kappa shape index (κ2) is 9.16. The van der Waals surface area contributed by atoms with Gasteiger partial charge in [0.25, 0.3) is 11.8 Å². The number of rotatable bonds is 6. The number of ether oxygens (including phenoxy) is 1. The summed E-state index contributed by atoms with van der Waals surface area (Å²) in [5.41, 5.74) is -0.0606. The minimum atomic E-state index is -2.98. The molecule has 0 saturated heterocycles.